The number of fused-ring (bicyclic) bond motifs is 1. The van der Waals surface area contributed by atoms with Crippen LogP contribution in [0.5, 0.6) is 0 Å². The zero-order valence-corrected chi connectivity index (χ0v) is 20.9. The number of carbonyl (C=O) groups excluding carboxylic acids is 2. The SMILES string of the molecule is C=CS(=O)(=O)NC[C@H]1CCN(C(=O)c2ccc(CC(=O)N3CCc4cc(C(F)(F)F)ccc4C3)cc2)C1. The second-order valence-electron chi connectivity index (χ2n) is 9.39. The fourth-order valence-corrected chi connectivity index (χ4v) is 5.24. The Morgan fingerprint density at radius 3 is 2.46 bits per heavy atom. The summed E-state index contributed by atoms with van der Waals surface area (Å²) in [5.74, 6) is -0.267. The first-order valence-electron chi connectivity index (χ1n) is 11.9. The van der Waals surface area contributed by atoms with Gasteiger partial charge in [-0.15, -0.1) is 0 Å². The molecule has 0 radical (unpaired) electrons. The lowest BCUT2D eigenvalue weighted by Gasteiger charge is -2.29. The van der Waals surface area contributed by atoms with Gasteiger partial charge in [-0.25, -0.2) is 13.1 Å². The van der Waals surface area contributed by atoms with Gasteiger partial charge in [-0.1, -0.05) is 24.8 Å². The highest BCUT2D eigenvalue weighted by atomic mass is 32.2. The molecule has 0 aliphatic carbocycles. The quantitative estimate of drug-likeness (QED) is 0.589. The van der Waals surface area contributed by atoms with Gasteiger partial charge in [-0.05, 0) is 59.7 Å². The Kier molecular flexibility index (Phi) is 7.75. The van der Waals surface area contributed by atoms with Crippen molar-refractivity contribution in [1.29, 1.82) is 0 Å². The van der Waals surface area contributed by atoms with Gasteiger partial charge in [-0.2, -0.15) is 13.2 Å². The predicted molar refractivity (Wildman–Crippen MR) is 132 cm³/mol. The van der Waals surface area contributed by atoms with Gasteiger partial charge in [0.25, 0.3) is 5.91 Å². The third-order valence-electron chi connectivity index (χ3n) is 6.82. The summed E-state index contributed by atoms with van der Waals surface area (Å²) in [7, 11) is -3.50. The summed E-state index contributed by atoms with van der Waals surface area (Å²) in [6.07, 6.45) is -3.21. The summed E-state index contributed by atoms with van der Waals surface area (Å²) in [4.78, 5) is 29.0. The maximum Gasteiger partial charge on any atom is 0.416 e. The molecule has 0 bridgehead atoms. The summed E-state index contributed by atoms with van der Waals surface area (Å²) in [6, 6.07) is 10.4. The summed E-state index contributed by atoms with van der Waals surface area (Å²) in [5, 5.41) is 0.856. The number of hydrogen-bond acceptors (Lipinski definition) is 4. The third kappa shape index (κ3) is 6.58. The van der Waals surface area contributed by atoms with E-state index in [9.17, 15) is 31.2 Å². The first kappa shape index (κ1) is 26.9. The van der Waals surface area contributed by atoms with E-state index in [0.717, 1.165) is 28.7 Å². The molecule has 198 valence electrons. The number of halogens is 3. The number of rotatable bonds is 7. The molecule has 0 aromatic heterocycles. The summed E-state index contributed by atoms with van der Waals surface area (Å²) >= 11 is 0. The predicted octanol–water partition coefficient (Wildman–Crippen LogP) is 3.36. The van der Waals surface area contributed by atoms with Crippen LogP contribution in [-0.2, 0) is 40.4 Å². The van der Waals surface area contributed by atoms with Crippen molar-refractivity contribution in [3.63, 3.8) is 0 Å². The Balaban J connectivity index is 1.30. The average molecular weight is 536 g/mol. The molecule has 7 nitrogen and oxygen atoms in total. The van der Waals surface area contributed by atoms with Crippen molar-refractivity contribution in [1.82, 2.24) is 14.5 Å². The minimum Gasteiger partial charge on any atom is -0.338 e. The molecule has 2 aromatic rings. The molecule has 1 saturated heterocycles. The van der Waals surface area contributed by atoms with Crippen LogP contribution in [0.2, 0.25) is 0 Å². The van der Waals surface area contributed by atoms with E-state index < -0.39 is 21.8 Å². The van der Waals surface area contributed by atoms with Crippen molar-refractivity contribution < 1.29 is 31.2 Å². The van der Waals surface area contributed by atoms with Gasteiger partial charge in [0.1, 0.15) is 0 Å². The lowest BCUT2D eigenvalue weighted by Crippen LogP contribution is -2.37. The van der Waals surface area contributed by atoms with E-state index in [2.05, 4.69) is 11.3 Å². The number of nitrogens with zero attached hydrogens (tertiary/aromatic N) is 2. The van der Waals surface area contributed by atoms with Gasteiger partial charge in [0.15, 0.2) is 0 Å². The van der Waals surface area contributed by atoms with Crippen LogP contribution in [0.1, 0.15) is 39.0 Å². The molecule has 2 amide bonds. The molecule has 0 unspecified atom stereocenters. The molecule has 2 aliphatic heterocycles. The Morgan fingerprint density at radius 2 is 1.78 bits per heavy atom. The Bertz CT molecular complexity index is 1290. The van der Waals surface area contributed by atoms with E-state index in [-0.39, 0.29) is 37.2 Å². The third-order valence-corrected chi connectivity index (χ3v) is 7.83. The van der Waals surface area contributed by atoms with Crippen molar-refractivity contribution in [2.24, 2.45) is 5.92 Å². The van der Waals surface area contributed by atoms with E-state index in [1.807, 2.05) is 0 Å². The Morgan fingerprint density at radius 1 is 1.05 bits per heavy atom. The molecule has 0 spiro atoms. The smallest absolute Gasteiger partial charge is 0.338 e. The number of sulfonamides is 1. The minimum atomic E-state index is -4.39. The summed E-state index contributed by atoms with van der Waals surface area (Å²) < 4.78 is 64.4. The standard InChI is InChI=1S/C26H28F3N3O4S/c1-2-37(35,36)30-15-19-9-11-32(16-19)25(34)20-5-3-18(4-6-20)13-24(33)31-12-10-21-14-23(26(27,28)29)8-7-22(21)17-31/h2-8,14,19,30H,1,9-13,15-17H2/t19-/m1/s1. The van der Waals surface area contributed by atoms with Crippen molar-refractivity contribution >= 4 is 21.8 Å². The average Bonchev–Trinajstić information content (AvgIpc) is 3.35. The molecular formula is C26H28F3N3O4S. The van der Waals surface area contributed by atoms with Crippen LogP contribution >= 0.6 is 0 Å². The van der Waals surface area contributed by atoms with Gasteiger partial charge in [0, 0.05) is 43.7 Å². The Hall–Kier alpha value is -3.18. The highest BCUT2D eigenvalue weighted by Crippen LogP contribution is 2.32. The van der Waals surface area contributed by atoms with Gasteiger partial charge in [0.2, 0.25) is 15.9 Å². The van der Waals surface area contributed by atoms with Crippen LogP contribution in [0, 0.1) is 5.92 Å². The number of hydrogen-bond donors (Lipinski definition) is 1. The summed E-state index contributed by atoms with van der Waals surface area (Å²) in [6.45, 7) is 5.09. The fraction of sp³-hybridized carbons (Fsp3) is 0.385. The monoisotopic (exact) mass is 535 g/mol. The van der Waals surface area contributed by atoms with Crippen LogP contribution < -0.4 is 4.72 Å². The lowest BCUT2D eigenvalue weighted by molar-refractivity contribution is -0.138. The topological polar surface area (TPSA) is 86.8 Å². The van der Waals surface area contributed by atoms with Crippen LogP contribution in [0.25, 0.3) is 0 Å². The first-order chi connectivity index (χ1) is 17.4. The van der Waals surface area contributed by atoms with Crippen LogP contribution in [0.4, 0.5) is 13.2 Å². The molecule has 0 saturated carbocycles. The molecule has 4 rings (SSSR count). The van der Waals surface area contributed by atoms with Crippen LogP contribution in [0.3, 0.4) is 0 Å². The first-order valence-corrected chi connectivity index (χ1v) is 13.5. The second-order valence-corrected chi connectivity index (χ2v) is 11.1. The Labute approximate surface area is 214 Å². The van der Waals surface area contributed by atoms with Gasteiger partial charge < -0.3 is 9.80 Å². The van der Waals surface area contributed by atoms with Gasteiger partial charge in [0.05, 0.1) is 12.0 Å². The molecule has 1 N–H and O–H groups in total. The molecule has 2 aliphatic rings. The maximum atomic E-state index is 13.0. The fourth-order valence-electron chi connectivity index (χ4n) is 4.65. The molecule has 2 heterocycles. The molecule has 11 heteroatoms. The minimum absolute atomic E-state index is 0.0188. The van der Waals surface area contributed by atoms with Crippen LogP contribution in [0.15, 0.2) is 54.5 Å². The maximum absolute atomic E-state index is 13.0. The zero-order chi connectivity index (χ0) is 26.8. The number of likely N-dealkylation sites (tertiary alicyclic amines) is 1. The number of carbonyl (C=O) groups is 2. The van der Waals surface area contributed by atoms with Gasteiger partial charge >= 0.3 is 6.18 Å². The lowest BCUT2D eigenvalue weighted by atomic mass is 9.96. The van der Waals surface area contributed by atoms with Crippen molar-refractivity contribution in [2.75, 3.05) is 26.2 Å². The molecular weight excluding hydrogens is 507 g/mol. The van der Waals surface area contributed by atoms with E-state index >= 15 is 0 Å². The van der Waals surface area contributed by atoms with E-state index in [0.29, 0.717) is 43.6 Å². The molecule has 37 heavy (non-hydrogen) atoms. The largest absolute Gasteiger partial charge is 0.416 e. The van der Waals surface area contributed by atoms with Crippen molar-refractivity contribution in [3.05, 3.63) is 82.3 Å². The normalized spacial score (nSPS) is 18.0. The molecule has 2 aromatic carbocycles. The van der Waals surface area contributed by atoms with E-state index in [4.69, 9.17) is 0 Å². The van der Waals surface area contributed by atoms with Crippen LogP contribution in [-0.4, -0.2) is 56.2 Å². The molecule has 1 atom stereocenters. The van der Waals surface area contributed by atoms with E-state index in [1.54, 1.807) is 34.1 Å². The summed E-state index contributed by atoms with van der Waals surface area (Å²) in [5.41, 5.74) is 1.87. The number of alkyl halides is 3. The highest BCUT2D eigenvalue weighted by Gasteiger charge is 2.32. The number of amides is 2. The highest BCUT2D eigenvalue weighted by molar-refractivity contribution is 7.92. The molecule has 1 fully saturated rings. The van der Waals surface area contributed by atoms with Gasteiger partial charge in [-0.3, -0.25) is 9.59 Å². The number of benzene rings is 2. The second kappa shape index (κ2) is 10.7. The van der Waals surface area contributed by atoms with Crippen molar-refractivity contribution in [2.45, 2.75) is 32.0 Å². The zero-order valence-electron chi connectivity index (χ0n) is 20.1. The van der Waals surface area contributed by atoms with E-state index in [1.165, 1.54) is 6.07 Å². The number of nitrogens with one attached hydrogen (secondary N) is 1. The van der Waals surface area contributed by atoms with Crippen molar-refractivity contribution in [3.8, 4) is 0 Å².